The Kier molecular flexibility index (Phi) is 7.09. The van der Waals surface area contributed by atoms with Gasteiger partial charge < -0.3 is 9.64 Å². The predicted octanol–water partition coefficient (Wildman–Crippen LogP) is 3.46. The van der Waals surface area contributed by atoms with Crippen molar-refractivity contribution in [3.05, 3.63) is 53.2 Å². The lowest BCUT2D eigenvalue weighted by molar-refractivity contribution is 0.0655. The summed E-state index contributed by atoms with van der Waals surface area (Å²) >= 11 is 0. The fraction of sp³-hybridized carbons (Fsp3) is 0.375. The fourth-order valence-electron chi connectivity index (χ4n) is 3.20. The largest absolute Gasteiger partial charge is 0.385 e. The lowest BCUT2D eigenvalue weighted by atomic mass is 10.1. The summed E-state index contributed by atoms with van der Waals surface area (Å²) in [7, 11) is 3.37. The van der Waals surface area contributed by atoms with Crippen LogP contribution in [0.15, 0.2) is 36.5 Å². The van der Waals surface area contributed by atoms with E-state index in [0.29, 0.717) is 53.4 Å². The first kappa shape index (κ1) is 23.9. The Morgan fingerprint density at radius 1 is 1.24 bits per heavy atom. The molecule has 9 heteroatoms. The number of nitriles is 1. The van der Waals surface area contributed by atoms with E-state index in [1.54, 1.807) is 47.9 Å². The molecule has 1 aromatic carbocycles. The Balaban J connectivity index is 1.98. The van der Waals surface area contributed by atoms with Crippen molar-refractivity contribution < 1.29 is 14.3 Å². The quantitative estimate of drug-likeness (QED) is 0.554. The third-order valence-corrected chi connectivity index (χ3v) is 5.35. The van der Waals surface area contributed by atoms with E-state index in [1.807, 2.05) is 26.8 Å². The molecule has 9 nitrogen and oxygen atoms in total. The Hall–Kier alpha value is -3.77. The molecule has 3 aromatic rings. The van der Waals surface area contributed by atoms with Gasteiger partial charge in [0, 0.05) is 44.6 Å². The van der Waals surface area contributed by atoms with E-state index in [1.165, 1.54) is 12.3 Å². The van der Waals surface area contributed by atoms with Crippen molar-refractivity contribution in [3.8, 4) is 6.07 Å². The summed E-state index contributed by atoms with van der Waals surface area (Å²) in [5, 5.41) is 11.9. The molecule has 0 fully saturated rings. The normalized spacial score (nSPS) is 11.3. The summed E-state index contributed by atoms with van der Waals surface area (Å²) in [5.74, 6) is -0.237. The van der Waals surface area contributed by atoms with Crippen LogP contribution in [-0.2, 0) is 11.3 Å². The molecule has 33 heavy (non-hydrogen) atoms. The van der Waals surface area contributed by atoms with Crippen molar-refractivity contribution >= 4 is 28.9 Å². The van der Waals surface area contributed by atoms with E-state index < -0.39 is 0 Å². The van der Waals surface area contributed by atoms with Gasteiger partial charge in [0.05, 0.1) is 17.2 Å². The number of imidazole rings is 1. The van der Waals surface area contributed by atoms with Crippen LogP contribution in [0.4, 0.5) is 5.95 Å². The van der Waals surface area contributed by atoms with Crippen LogP contribution < -0.4 is 5.32 Å². The average Bonchev–Trinajstić information content (AvgIpc) is 3.13. The number of hydrogen-bond donors (Lipinski definition) is 1. The highest BCUT2D eigenvalue weighted by Gasteiger charge is 2.25. The highest BCUT2D eigenvalue weighted by Crippen LogP contribution is 2.22. The van der Waals surface area contributed by atoms with Crippen LogP contribution in [0.2, 0.25) is 0 Å². The molecule has 3 rings (SSSR count). The van der Waals surface area contributed by atoms with Crippen LogP contribution in [-0.4, -0.2) is 57.6 Å². The number of carbonyl (C=O) groups excluding carboxylic acids is 2. The zero-order valence-corrected chi connectivity index (χ0v) is 19.5. The Morgan fingerprint density at radius 2 is 2.00 bits per heavy atom. The van der Waals surface area contributed by atoms with Crippen LogP contribution in [0.3, 0.4) is 0 Å². The molecule has 0 saturated heterocycles. The van der Waals surface area contributed by atoms with E-state index >= 15 is 0 Å². The number of pyridine rings is 1. The first-order valence-corrected chi connectivity index (χ1v) is 10.6. The zero-order valence-electron chi connectivity index (χ0n) is 19.5. The van der Waals surface area contributed by atoms with Crippen molar-refractivity contribution in [2.75, 3.05) is 26.1 Å². The number of amides is 2. The molecular weight excluding hydrogens is 420 g/mol. The number of anilines is 1. The van der Waals surface area contributed by atoms with Gasteiger partial charge in [-0.15, -0.1) is 0 Å². The van der Waals surface area contributed by atoms with Crippen LogP contribution >= 0.6 is 0 Å². The van der Waals surface area contributed by atoms with E-state index in [4.69, 9.17) is 10.00 Å². The predicted molar refractivity (Wildman–Crippen MR) is 125 cm³/mol. The number of nitrogens with one attached hydrogen (secondary N) is 1. The molecule has 0 aliphatic rings. The molecule has 0 radical (unpaired) electrons. The molecule has 2 aromatic heterocycles. The number of methoxy groups -OCH3 is 1. The molecule has 0 spiro atoms. The summed E-state index contributed by atoms with van der Waals surface area (Å²) in [6, 6.07) is 10.1. The van der Waals surface area contributed by atoms with E-state index in [0.717, 1.165) is 0 Å². The van der Waals surface area contributed by atoms with Crippen molar-refractivity contribution in [1.82, 2.24) is 19.4 Å². The first-order chi connectivity index (χ1) is 15.7. The molecule has 2 heterocycles. The van der Waals surface area contributed by atoms with E-state index in [-0.39, 0.29) is 17.4 Å². The minimum atomic E-state index is -0.390. The SMILES string of the molecule is COCCCn1c(NC(=O)c2cccc(C#N)c2)nc2cc(C(=O)N(C)C(C)(C)C)cnc21. The smallest absolute Gasteiger partial charge is 0.258 e. The van der Waals surface area contributed by atoms with Gasteiger partial charge in [-0.3, -0.25) is 19.5 Å². The molecule has 172 valence electrons. The van der Waals surface area contributed by atoms with Crippen LogP contribution in [0.5, 0.6) is 0 Å². The van der Waals surface area contributed by atoms with Crippen molar-refractivity contribution in [2.45, 2.75) is 39.3 Å². The van der Waals surface area contributed by atoms with Crippen LogP contribution in [0.25, 0.3) is 11.2 Å². The summed E-state index contributed by atoms with van der Waals surface area (Å²) in [6.45, 7) is 6.91. The molecule has 0 unspecified atom stereocenters. The second kappa shape index (κ2) is 9.79. The molecule has 0 atom stereocenters. The van der Waals surface area contributed by atoms with Gasteiger partial charge in [0.15, 0.2) is 5.65 Å². The number of fused-ring (bicyclic) bond motifs is 1. The number of carbonyl (C=O) groups is 2. The maximum Gasteiger partial charge on any atom is 0.258 e. The van der Waals surface area contributed by atoms with Crippen molar-refractivity contribution in [2.24, 2.45) is 0 Å². The number of ether oxygens (including phenoxy) is 1. The topological polar surface area (TPSA) is 113 Å². The number of rotatable bonds is 7. The van der Waals surface area contributed by atoms with Crippen LogP contribution in [0.1, 0.15) is 53.5 Å². The van der Waals surface area contributed by atoms with Gasteiger partial charge in [-0.1, -0.05) is 6.07 Å². The Morgan fingerprint density at radius 3 is 2.67 bits per heavy atom. The van der Waals surface area contributed by atoms with Crippen molar-refractivity contribution in [3.63, 3.8) is 0 Å². The van der Waals surface area contributed by atoms with E-state index in [9.17, 15) is 9.59 Å². The standard InChI is InChI=1S/C24H28N6O3/c1-24(2,3)29(4)22(32)18-13-19-20(26-15-18)30(10-7-11-33-5)23(27-19)28-21(31)17-9-6-8-16(12-17)14-25/h6,8-9,12-13,15H,7,10-11H2,1-5H3,(H,27,28,31). The summed E-state index contributed by atoms with van der Waals surface area (Å²) in [6.07, 6.45) is 2.22. The maximum absolute atomic E-state index is 12.9. The lowest BCUT2D eigenvalue weighted by Gasteiger charge is -2.31. The van der Waals surface area contributed by atoms with Gasteiger partial charge in [0.25, 0.3) is 11.8 Å². The molecular formula is C24H28N6O3. The minimum absolute atomic E-state index is 0.162. The zero-order chi connectivity index (χ0) is 24.2. The number of aryl methyl sites for hydroxylation is 1. The molecule has 2 amide bonds. The van der Waals surface area contributed by atoms with Gasteiger partial charge in [-0.05, 0) is 51.5 Å². The number of nitrogens with zero attached hydrogens (tertiary/aromatic N) is 5. The number of benzene rings is 1. The minimum Gasteiger partial charge on any atom is -0.385 e. The summed E-state index contributed by atoms with van der Waals surface area (Å²) in [4.78, 5) is 36.4. The van der Waals surface area contributed by atoms with Gasteiger partial charge in [0.1, 0.15) is 5.52 Å². The Bertz CT molecular complexity index is 1220. The average molecular weight is 449 g/mol. The maximum atomic E-state index is 12.9. The molecule has 1 N–H and O–H groups in total. The van der Waals surface area contributed by atoms with E-state index in [2.05, 4.69) is 15.3 Å². The summed E-state index contributed by atoms with van der Waals surface area (Å²) < 4.78 is 6.95. The fourth-order valence-corrected chi connectivity index (χ4v) is 3.20. The monoisotopic (exact) mass is 448 g/mol. The summed E-state index contributed by atoms with van der Waals surface area (Å²) in [5.41, 5.74) is 1.87. The van der Waals surface area contributed by atoms with Crippen molar-refractivity contribution in [1.29, 1.82) is 5.26 Å². The molecule has 0 aliphatic carbocycles. The van der Waals surface area contributed by atoms with Gasteiger partial charge in [-0.25, -0.2) is 9.97 Å². The van der Waals surface area contributed by atoms with Gasteiger partial charge in [0.2, 0.25) is 5.95 Å². The molecule has 0 bridgehead atoms. The van der Waals surface area contributed by atoms with Crippen LogP contribution in [0, 0.1) is 11.3 Å². The second-order valence-electron chi connectivity index (χ2n) is 8.68. The first-order valence-electron chi connectivity index (χ1n) is 10.6. The number of aromatic nitrogens is 3. The lowest BCUT2D eigenvalue weighted by Crippen LogP contribution is -2.42. The third-order valence-electron chi connectivity index (χ3n) is 5.35. The molecule has 0 saturated carbocycles. The second-order valence-corrected chi connectivity index (χ2v) is 8.68. The Labute approximate surface area is 193 Å². The highest BCUT2D eigenvalue weighted by molar-refractivity contribution is 6.04. The van der Waals surface area contributed by atoms with Gasteiger partial charge >= 0.3 is 0 Å². The third kappa shape index (κ3) is 5.35. The van der Waals surface area contributed by atoms with Gasteiger partial charge in [-0.2, -0.15) is 5.26 Å². The highest BCUT2D eigenvalue weighted by atomic mass is 16.5. The molecule has 0 aliphatic heterocycles. The number of hydrogen-bond acceptors (Lipinski definition) is 6.